The van der Waals surface area contributed by atoms with E-state index in [0.717, 1.165) is 17.6 Å². The average Bonchev–Trinajstić information content (AvgIpc) is 3.21. The highest BCUT2D eigenvalue weighted by molar-refractivity contribution is 6.12. The maximum Gasteiger partial charge on any atom is 0.136 e. The number of para-hydroxylation sites is 1. The molecule has 178 valence electrons. The van der Waals surface area contributed by atoms with Gasteiger partial charge in [-0.1, -0.05) is 115 Å². The van der Waals surface area contributed by atoms with Crippen molar-refractivity contribution in [1.29, 1.82) is 0 Å². The largest absolute Gasteiger partial charge is 0.456 e. The SMILES string of the molecule is CCc1c(-c2cc(C(C)(C)C)cc(C(C)(C)C)c2)cccc1-c1cccc2oc3ccccc3c12. The van der Waals surface area contributed by atoms with Crippen molar-refractivity contribution in [2.24, 2.45) is 0 Å². The van der Waals surface area contributed by atoms with Crippen molar-refractivity contribution >= 4 is 21.9 Å². The maximum absolute atomic E-state index is 6.21. The van der Waals surface area contributed by atoms with Crippen LogP contribution in [-0.2, 0) is 17.3 Å². The Kier molecular flexibility index (Phi) is 5.63. The van der Waals surface area contributed by atoms with Gasteiger partial charge in [-0.2, -0.15) is 0 Å². The van der Waals surface area contributed by atoms with Crippen LogP contribution in [-0.4, -0.2) is 0 Å². The fourth-order valence-corrected chi connectivity index (χ4v) is 5.14. The molecule has 0 amide bonds. The molecule has 4 aromatic carbocycles. The van der Waals surface area contributed by atoms with Crippen molar-refractivity contribution in [3.05, 3.63) is 95.6 Å². The first-order valence-electron chi connectivity index (χ1n) is 12.8. The monoisotopic (exact) mass is 460 g/mol. The van der Waals surface area contributed by atoms with Gasteiger partial charge in [-0.3, -0.25) is 0 Å². The Bertz CT molecular complexity index is 1500. The third-order valence-electron chi connectivity index (χ3n) is 7.20. The van der Waals surface area contributed by atoms with E-state index >= 15 is 0 Å². The van der Waals surface area contributed by atoms with Crippen molar-refractivity contribution in [1.82, 2.24) is 0 Å². The molecule has 0 radical (unpaired) electrons. The summed E-state index contributed by atoms with van der Waals surface area (Å²) < 4.78 is 6.21. The lowest BCUT2D eigenvalue weighted by atomic mass is 9.78. The summed E-state index contributed by atoms with van der Waals surface area (Å²) in [4.78, 5) is 0. The quantitative estimate of drug-likeness (QED) is 0.261. The van der Waals surface area contributed by atoms with Gasteiger partial charge >= 0.3 is 0 Å². The number of benzene rings is 4. The number of rotatable bonds is 3. The Hall–Kier alpha value is -3.32. The first-order chi connectivity index (χ1) is 16.6. The lowest BCUT2D eigenvalue weighted by molar-refractivity contribution is 0.569. The Labute approximate surface area is 209 Å². The molecule has 1 heteroatoms. The first-order valence-corrected chi connectivity index (χ1v) is 12.8. The summed E-state index contributed by atoms with van der Waals surface area (Å²) in [6, 6.07) is 28.8. The van der Waals surface area contributed by atoms with E-state index in [-0.39, 0.29) is 10.8 Å². The van der Waals surface area contributed by atoms with E-state index in [1.165, 1.54) is 49.7 Å². The molecule has 0 N–H and O–H groups in total. The van der Waals surface area contributed by atoms with Crippen LogP contribution in [0.1, 0.15) is 65.2 Å². The lowest BCUT2D eigenvalue weighted by Gasteiger charge is -2.27. The fraction of sp³-hybridized carbons (Fsp3) is 0.294. The molecule has 0 unspecified atom stereocenters. The number of hydrogen-bond donors (Lipinski definition) is 0. The molecule has 1 heterocycles. The second kappa shape index (κ2) is 8.41. The zero-order valence-electron chi connectivity index (χ0n) is 22.1. The van der Waals surface area contributed by atoms with E-state index in [1.807, 2.05) is 6.07 Å². The molecule has 5 aromatic rings. The molecule has 5 rings (SSSR count). The normalized spacial score (nSPS) is 12.5. The minimum Gasteiger partial charge on any atom is -0.456 e. The van der Waals surface area contributed by atoms with Crippen molar-refractivity contribution in [2.75, 3.05) is 0 Å². The summed E-state index contributed by atoms with van der Waals surface area (Å²) >= 11 is 0. The van der Waals surface area contributed by atoms with E-state index in [1.54, 1.807) is 0 Å². The van der Waals surface area contributed by atoms with Crippen molar-refractivity contribution in [3.63, 3.8) is 0 Å². The molecule has 0 saturated carbocycles. The fourth-order valence-electron chi connectivity index (χ4n) is 5.14. The molecular weight excluding hydrogens is 424 g/mol. The van der Waals surface area contributed by atoms with E-state index in [9.17, 15) is 0 Å². The molecule has 0 saturated heterocycles. The minimum absolute atomic E-state index is 0.0846. The summed E-state index contributed by atoms with van der Waals surface area (Å²) in [5.41, 5.74) is 11.4. The molecule has 0 aliphatic heterocycles. The lowest BCUT2D eigenvalue weighted by Crippen LogP contribution is -2.16. The van der Waals surface area contributed by atoms with Gasteiger partial charge in [0.15, 0.2) is 0 Å². The predicted molar refractivity (Wildman–Crippen MR) is 151 cm³/mol. The minimum atomic E-state index is 0.0846. The molecule has 0 aliphatic rings. The van der Waals surface area contributed by atoms with Crippen LogP contribution < -0.4 is 0 Å². The zero-order valence-corrected chi connectivity index (χ0v) is 22.1. The first kappa shape index (κ1) is 23.4. The van der Waals surface area contributed by atoms with Crippen LogP contribution in [0.5, 0.6) is 0 Å². The van der Waals surface area contributed by atoms with Gasteiger partial charge in [-0.05, 0) is 68.3 Å². The summed E-state index contributed by atoms with van der Waals surface area (Å²) in [6.45, 7) is 16.1. The molecule has 0 bridgehead atoms. The van der Waals surface area contributed by atoms with Crippen molar-refractivity contribution in [2.45, 2.75) is 65.7 Å². The molecule has 0 fully saturated rings. The van der Waals surface area contributed by atoms with Gasteiger partial charge in [0, 0.05) is 10.8 Å². The van der Waals surface area contributed by atoms with Gasteiger partial charge in [-0.15, -0.1) is 0 Å². The summed E-state index contributed by atoms with van der Waals surface area (Å²) in [6.07, 6.45) is 0.961. The van der Waals surface area contributed by atoms with Gasteiger partial charge in [0.1, 0.15) is 11.2 Å². The summed E-state index contributed by atoms with van der Waals surface area (Å²) in [5.74, 6) is 0. The molecular formula is C34H36O. The topological polar surface area (TPSA) is 13.1 Å². The zero-order chi connectivity index (χ0) is 25.0. The summed E-state index contributed by atoms with van der Waals surface area (Å²) in [5, 5.41) is 2.38. The Morgan fingerprint density at radius 1 is 0.600 bits per heavy atom. The van der Waals surface area contributed by atoms with Crippen LogP contribution in [0.3, 0.4) is 0 Å². The molecule has 1 aromatic heterocycles. The Balaban J connectivity index is 1.79. The molecule has 35 heavy (non-hydrogen) atoms. The van der Waals surface area contributed by atoms with E-state index < -0.39 is 0 Å². The van der Waals surface area contributed by atoms with Crippen LogP contribution in [0.2, 0.25) is 0 Å². The number of hydrogen-bond acceptors (Lipinski definition) is 1. The van der Waals surface area contributed by atoms with Gasteiger partial charge in [0.05, 0.1) is 0 Å². The molecule has 0 aliphatic carbocycles. The van der Waals surface area contributed by atoms with E-state index in [2.05, 4.69) is 121 Å². The van der Waals surface area contributed by atoms with Gasteiger partial charge in [0.25, 0.3) is 0 Å². The summed E-state index contributed by atoms with van der Waals surface area (Å²) in [7, 11) is 0. The van der Waals surface area contributed by atoms with Crippen molar-refractivity contribution < 1.29 is 4.42 Å². The van der Waals surface area contributed by atoms with Gasteiger partial charge in [0.2, 0.25) is 0 Å². The molecule has 1 nitrogen and oxygen atoms in total. The van der Waals surface area contributed by atoms with Crippen molar-refractivity contribution in [3.8, 4) is 22.3 Å². The second-order valence-corrected chi connectivity index (χ2v) is 11.8. The predicted octanol–water partition coefficient (Wildman–Crippen LogP) is 10.1. The number of fused-ring (bicyclic) bond motifs is 3. The second-order valence-electron chi connectivity index (χ2n) is 11.8. The Morgan fingerprint density at radius 3 is 1.83 bits per heavy atom. The Morgan fingerprint density at radius 2 is 1.17 bits per heavy atom. The van der Waals surface area contributed by atoms with Gasteiger partial charge < -0.3 is 4.42 Å². The third kappa shape index (κ3) is 4.18. The third-order valence-corrected chi connectivity index (χ3v) is 7.20. The van der Waals surface area contributed by atoms with E-state index in [0.29, 0.717) is 0 Å². The van der Waals surface area contributed by atoms with E-state index in [4.69, 9.17) is 4.42 Å². The van der Waals surface area contributed by atoms with Crippen LogP contribution in [0.4, 0.5) is 0 Å². The van der Waals surface area contributed by atoms with Gasteiger partial charge in [-0.25, -0.2) is 0 Å². The van der Waals surface area contributed by atoms with Crippen LogP contribution >= 0.6 is 0 Å². The highest BCUT2D eigenvalue weighted by Crippen LogP contribution is 2.41. The maximum atomic E-state index is 6.21. The standard InChI is InChI=1S/C34H36O/c1-8-25-26(22-19-23(33(2,3)4)21-24(20-22)34(5,6)7)14-11-15-27(25)28-16-12-18-31-32(28)29-13-9-10-17-30(29)35-31/h9-21H,8H2,1-7H3. The van der Waals surface area contributed by atoms with Crippen LogP contribution in [0, 0.1) is 0 Å². The highest BCUT2D eigenvalue weighted by atomic mass is 16.3. The van der Waals surface area contributed by atoms with Crippen LogP contribution in [0.15, 0.2) is 83.3 Å². The smallest absolute Gasteiger partial charge is 0.136 e. The molecule has 0 atom stereocenters. The van der Waals surface area contributed by atoms with Crippen LogP contribution in [0.25, 0.3) is 44.2 Å². The average molecular weight is 461 g/mol. The molecule has 0 spiro atoms. The number of furan rings is 1. The highest BCUT2D eigenvalue weighted by Gasteiger charge is 2.22.